The zero-order valence-electron chi connectivity index (χ0n) is 10.4. The summed E-state index contributed by atoms with van der Waals surface area (Å²) in [4.78, 5) is 0. The second-order valence-corrected chi connectivity index (χ2v) is 4.26. The summed E-state index contributed by atoms with van der Waals surface area (Å²) in [5, 5.41) is 4.36. The van der Waals surface area contributed by atoms with Gasteiger partial charge < -0.3 is 4.74 Å². The molecule has 0 radical (unpaired) electrons. The van der Waals surface area contributed by atoms with Crippen LogP contribution in [0, 0.1) is 6.92 Å². The number of ether oxygens (including phenoxy) is 1. The molecule has 0 unspecified atom stereocenters. The molecule has 2 heterocycles. The number of hydrogen-bond donors (Lipinski definition) is 0. The highest BCUT2D eigenvalue weighted by atomic mass is 16.5. The minimum absolute atomic E-state index is 0.879. The molecule has 90 valence electrons. The fourth-order valence-electron chi connectivity index (χ4n) is 2.20. The van der Waals surface area contributed by atoms with Gasteiger partial charge in [0.05, 0.1) is 24.5 Å². The molecule has 3 heteroatoms. The van der Waals surface area contributed by atoms with Crippen molar-refractivity contribution in [3.8, 4) is 17.0 Å². The number of pyridine rings is 1. The van der Waals surface area contributed by atoms with Crippen molar-refractivity contribution in [2.24, 2.45) is 0 Å². The summed E-state index contributed by atoms with van der Waals surface area (Å²) in [5.74, 6) is 0.879. The van der Waals surface area contributed by atoms with Gasteiger partial charge >= 0.3 is 0 Å². The fourth-order valence-corrected chi connectivity index (χ4v) is 2.20. The van der Waals surface area contributed by atoms with Gasteiger partial charge in [-0.3, -0.25) is 0 Å². The van der Waals surface area contributed by atoms with Gasteiger partial charge in [0.15, 0.2) is 0 Å². The Morgan fingerprint density at radius 3 is 2.78 bits per heavy atom. The van der Waals surface area contributed by atoms with Gasteiger partial charge in [-0.2, -0.15) is 5.10 Å². The number of aryl methyl sites for hydroxylation is 1. The number of fused-ring (bicyclic) bond motifs is 1. The molecule has 0 atom stereocenters. The lowest BCUT2D eigenvalue weighted by atomic mass is 10.0. The summed E-state index contributed by atoms with van der Waals surface area (Å²) in [6, 6.07) is 14.3. The Kier molecular flexibility index (Phi) is 2.52. The van der Waals surface area contributed by atoms with E-state index < -0.39 is 0 Å². The van der Waals surface area contributed by atoms with E-state index in [4.69, 9.17) is 4.74 Å². The van der Waals surface area contributed by atoms with Crippen LogP contribution in [0.4, 0.5) is 0 Å². The molecule has 0 saturated heterocycles. The first-order chi connectivity index (χ1) is 8.79. The summed E-state index contributed by atoms with van der Waals surface area (Å²) in [6.07, 6.45) is 1.82. The van der Waals surface area contributed by atoms with Crippen molar-refractivity contribution in [2.75, 3.05) is 7.11 Å². The van der Waals surface area contributed by atoms with Crippen molar-refractivity contribution in [1.82, 2.24) is 9.61 Å². The second-order valence-electron chi connectivity index (χ2n) is 4.26. The predicted molar refractivity (Wildman–Crippen MR) is 71.9 cm³/mol. The highest BCUT2D eigenvalue weighted by Gasteiger charge is 2.07. The van der Waals surface area contributed by atoms with Crippen molar-refractivity contribution in [3.63, 3.8) is 0 Å². The molecule has 0 aliphatic carbocycles. The minimum Gasteiger partial charge on any atom is -0.497 e. The molecular formula is C15H14N2O. The van der Waals surface area contributed by atoms with Crippen LogP contribution < -0.4 is 4.74 Å². The summed E-state index contributed by atoms with van der Waals surface area (Å²) < 4.78 is 7.19. The van der Waals surface area contributed by atoms with Crippen LogP contribution in [-0.2, 0) is 0 Å². The van der Waals surface area contributed by atoms with E-state index >= 15 is 0 Å². The molecule has 0 saturated carbocycles. The molecule has 0 amide bonds. The molecule has 0 N–H and O–H groups in total. The third-order valence-corrected chi connectivity index (χ3v) is 3.13. The van der Waals surface area contributed by atoms with Crippen LogP contribution in [0.25, 0.3) is 16.8 Å². The van der Waals surface area contributed by atoms with E-state index in [1.807, 2.05) is 28.9 Å². The Labute approximate surface area is 106 Å². The van der Waals surface area contributed by atoms with Crippen LogP contribution in [0.2, 0.25) is 0 Å². The first-order valence-electron chi connectivity index (χ1n) is 5.87. The summed E-state index contributed by atoms with van der Waals surface area (Å²) in [6.45, 7) is 2.08. The van der Waals surface area contributed by atoms with Gasteiger partial charge in [0.2, 0.25) is 0 Å². The van der Waals surface area contributed by atoms with E-state index in [1.54, 1.807) is 7.11 Å². The van der Waals surface area contributed by atoms with Crippen LogP contribution in [0.15, 0.2) is 48.7 Å². The number of hydrogen-bond acceptors (Lipinski definition) is 2. The van der Waals surface area contributed by atoms with Crippen LogP contribution >= 0.6 is 0 Å². The van der Waals surface area contributed by atoms with Gasteiger partial charge in [0.1, 0.15) is 5.75 Å². The van der Waals surface area contributed by atoms with Gasteiger partial charge in [-0.25, -0.2) is 4.52 Å². The zero-order valence-corrected chi connectivity index (χ0v) is 10.4. The molecule has 0 bridgehead atoms. The number of aromatic nitrogens is 2. The van der Waals surface area contributed by atoms with Crippen molar-refractivity contribution in [2.45, 2.75) is 6.92 Å². The molecule has 0 aliphatic rings. The molecule has 2 aromatic heterocycles. The van der Waals surface area contributed by atoms with E-state index in [0.717, 1.165) is 17.0 Å². The number of methoxy groups -OCH3 is 1. The van der Waals surface area contributed by atoms with Gasteiger partial charge in [0.25, 0.3) is 0 Å². The lowest BCUT2D eigenvalue weighted by Crippen LogP contribution is -1.95. The first kappa shape index (κ1) is 10.8. The topological polar surface area (TPSA) is 26.5 Å². The van der Waals surface area contributed by atoms with E-state index in [1.165, 1.54) is 11.1 Å². The Morgan fingerprint density at radius 1 is 1.11 bits per heavy atom. The third kappa shape index (κ3) is 1.64. The highest BCUT2D eigenvalue weighted by molar-refractivity contribution is 5.68. The van der Waals surface area contributed by atoms with E-state index in [2.05, 4.69) is 36.3 Å². The Balaban J connectivity index is 2.23. The Morgan fingerprint density at radius 2 is 2.00 bits per heavy atom. The molecule has 3 aromatic rings. The maximum absolute atomic E-state index is 5.24. The monoisotopic (exact) mass is 238 g/mol. The molecule has 0 aliphatic heterocycles. The SMILES string of the molecule is COc1ccc(-c2cccc3ccnn23)c(C)c1. The van der Waals surface area contributed by atoms with Gasteiger partial charge in [0, 0.05) is 5.56 Å². The van der Waals surface area contributed by atoms with E-state index in [9.17, 15) is 0 Å². The smallest absolute Gasteiger partial charge is 0.119 e. The van der Waals surface area contributed by atoms with Crippen molar-refractivity contribution >= 4 is 5.52 Å². The first-order valence-corrected chi connectivity index (χ1v) is 5.87. The van der Waals surface area contributed by atoms with Crippen molar-refractivity contribution in [1.29, 1.82) is 0 Å². The molecule has 1 aromatic carbocycles. The highest BCUT2D eigenvalue weighted by Crippen LogP contribution is 2.27. The minimum atomic E-state index is 0.879. The van der Waals surface area contributed by atoms with E-state index in [-0.39, 0.29) is 0 Å². The second kappa shape index (κ2) is 4.18. The number of nitrogens with zero attached hydrogens (tertiary/aromatic N) is 2. The largest absolute Gasteiger partial charge is 0.497 e. The zero-order chi connectivity index (χ0) is 12.5. The molecule has 0 fully saturated rings. The predicted octanol–water partition coefficient (Wildman–Crippen LogP) is 3.32. The molecule has 3 rings (SSSR count). The van der Waals surface area contributed by atoms with Crippen LogP contribution in [0.1, 0.15) is 5.56 Å². The summed E-state index contributed by atoms with van der Waals surface area (Å²) in [7, 11) is 1.68. The van der Waals surface area contributed by atoms with E-state index in [0.29, 0.717) is 0 Å². The maximum Gasteiger partial charge on any atom is 0.119 e. The average molecular weight is 238 g/mol. The van der Waals surface area contributed by atoms with Gasteiger partial charge in [-0.05, 0) is 48.9 Å². The lowest BCUT2D eigenvalue weighted by molar-refractivity contribution is 0.414. The fraction of sp³-hybridized carbons (Fsp3) is 0.133. The Bertz CT molecular complexity index is 701. The quantitative estimate of drug-likeness (QED) is 0.684. The standard InChI is InChI=1S/C15H14N2O/c1-11-10-13(18-2)6-7-14(11)15-5-3-4-12-8-9-16-17(12)15/h3-10H,1-2H3. The Hall–Kier alpha value is -2.29. The molecule has 3 nitrogen and oxygen atoms in total. The summed E-state index contributed by atoms with van der Waals surface area (Å²) in [5.41, 5.74) is 4.54. The summed E-state index contributed by atoms with van der Waals surface area (Å²) >= 11 is 0. The lowest BCUT2D eigenvalue weighted by Gasteiger charge is -2.10. The van der Waals surface area contributed by atoms with Crippen molar-refractivity contribution in [3.05, 3.63) is 54.2 Å². The third-order valence-electron chi connectivity index (χ3n) is 3.13. The van der Waals surface area contributed by atoms with Crippen LogP contribution in [0.3, 0.4) is 0 Å². The normalized spacial score (nSPS) is 10.8. The van der Waals surface area contributed by atoms with Gasteiger partial charge in [-0.15, -0.1) is 0 Å². The molecule has 18 heavy (non-hydrogen) atoms. The maximum atomic E-state index is 5.24. The average Bonchev–Trinajstić information content (AvgIpc) is 2.87. The molecular weight excluding hydrogens is 224 g/mol. The number of benzene rings is 1. The van der Waals surface area contributed by atoms with Gasteiger partial charge in [-0.1, -0.05) is 6.07 Å². The van der Waals surface area contributed by atoms with Crippen LogP contribution in [0.5, 0.6) is 5.75 Å². The van der Waals surface area contributed by atoms with Crippen molar-refractivity contribution < 1.29 is 4.74 Å². The molecule has 0 spiro atoms. The number of rotatable bonds is 2. The van der Waals surface area contributed by atoms with Crippen LogP contribution in [-0.4, -0.2) is 16.7 Å².